The number of fused-ring (bicyclic) bond motifs is 1. The number of halogens is 1. The molecule has 2 aliphatic rings. The standard InChI is InChI=1S/C23H28N4O4.HI/c1-24-23(25-10-9-16-7-8-19-21(13-16)31-15-30-19)26-14-17-4-2-5-18(12-17)27-22(28)20-6-3-11-29-20;/h2,4-5,7-8,12-13,20H,3,6,9-11,14-15H2,1H3,(H,27,28)(H2,24,25,26);1H. The normalized spacial score (nSPS) is 16.9. The Hall–Kier alpha value is -2.53. The largest absolute Gasteiger partial charge is 0.454 e. The number of ether oxygens (including phenoxy) is 3. The minimum atomic E-state index is -0.338. The van der Waals surface area contributed by atoms with Gasteiger partial charge < -0.3 is 30.2 Å². The summed E-state index contributed by atoms with van der Waals surface area (Å²) in [4.78, 5) is 16.5. The van der Waals surface area contributed by atoms with Gasteiger partial charge in [0, 0.05) is 32.4 Å². The van der Waals surface area contributed by atoms with Crippen LogP contribution in [0.5, 0.6) is 11.5 Å². The summed E-state index contributed by atoms with van der Waals surface area (Å²) in [6, 6.07) is 13.8. The number of carbonyl (C=O) groups is 1. The zero-order valence-corrected chi connectivity index (χ0v) is 20.4. The molecule has 0 aliphatic carbocycles. The Bertz CT molecular complexity index is 947. The van der Waals surface area contributed by atoms with Crippen molar-refractivity contribution in [1.82, 2.24) is 10.6 Å². The minimum Gasteiger partial charge on any atom is -0.454 e. The lowest BCUT2D eigenvalue weighted by Crippen LogP contribution is -2.37. The number of amides is 1. The van der Waals surface area contributed by atoms with E-state index in [0.29, 0.717) is 13.2 Å². The molecule has 1 unspecified atom stereocenters. The van der Waals surface area contributed by atoms with Gasteiger partial charge in [0.05, 0.1) is 0 Å². The van der Waals surface area contributed by atoms with E-state index in [2.05, 4.69) is 20.9 Å². The Morgan fingerprint density at radius 1 is 1.09 bits per heavy atom. The molecule has 2 aromatic carbocycles. The summed E-state index contributed by atoms with van der Waals surface area (Å²) in [6.45, 7) is 2.26. The molecule has 1 fully saturated rings. The van der Waals surface area contributed by atoms with Crippen molar-refractivity contribution in [2.45, 2.75) is 31.9 Å². The molecule has 0 aromatic heterocycles. The first-order valence-electron chi connectivity index (χ1n) is 10.6. The highest BCUT2D eigenvalue weighted by Crippen LogP contribution is 2.32. The zero-order valence-electron chi connectivity index (χ0n) is 18.1. The second-order valence-electron chi connectivity index (χ2n) is 7.48. The Kier molecular flexibility index (Phi) is 8.98. The molecular formula is C23H29IN4O4. The van der Waals surface area contributed by atoms with Gasteiger partial charge in [-0.1, -0.05) is 18.2 Å². The number of carbonyl (C=O) groups excluding carboxylic acids is 1. The molecule has 1 saturated heterocycles. The van der Waals surface area contributed by atoms with E-state index in [1.165, 1.54) is 5.56 Å². The van der Waals surface area contributed by atoms with Crippen LogP contribution in [0.4, 0.5) is 5.69 Å². The lowest BCUT2D eigenvalue weighted by molar-refractivity contribution is -0.124. The fourth-order valence-electron chi connectivity index (χ4n) is 3.59. The van der Waals surface area contributed by atoms with Gasteiger partial charge in [-0.05, 0) is 54.7 Å². The second-order valence-corrected chi connectivity index (χ2v) is 7.48. The number of nitrogens with one attached hydrogen (secondary N) is 3. The third-order valence-corrected chi connectivity index (χ3v) is 5.24. The molecule has 0 radical (unpaired) electrons. The number of hydrogen-bond acceptors (Lipinski definition) is 5. The van der Waals surface area contributed by atoms with Crippen molar-refractivity contribution < 1.29 is 19.0 Å². The van der Waals surface area contributed by atoms with Crippen molar-refractivity contribution >= 4 is 41.5 Å². The van der Waals surface area contributed by atoms with Crippen LogP contribution in [0.1, 0.15) is 24.0 Å². The highest BCUT2D eigenvalue weighted by molar-refractivity contribution is 14.0. The molecule has 2 aliphatic heterocycles. The van der Waals surface area contributed by atoms with E-state index in [1.807, 2.05) is 42.5 Å². The predicted octanol–water partition coefficient (Wildman–Crippen LogP) is 3.06. The van der Waals surface area contributed by atoms with Crippen LogP contribution in [0.3, 0.4) is 0 Å². The van der Waals surface area contributed by atoms with Crippen molar-refractivity contribution in [2.75, 3.05) is 32.3 Å². The predicted molar refractivity (Wildman–Crippen MR) is 134 cm³/mol. The van der Waals surface area contributed by atoms with Gasteiger partial charge in [-0.2, -0.15) is 0 Å². The van der Waals surface area contributed by atoms with Crippen LogP contribution < -0.4 is 25.4 Å². The molecule has 8 nitrogen and oxygen atoms in total. The molecule has 0 saturated carbocycles. The summed E-state index contributed by atoms with van der Waals surface area (Å²) in [5.74, 6) is 2.23. The number of nitrogens with zero attached hydrogens (tertiary/aromatic N) is 1. The van der Waals surface area contributed by atoms with Crippen molar-refractivity contribution in [1.29, 1.82) is 0 Å². The summed E-state index contributed by atoms with van der Waals surface area (Å²) >= 11 is 0. The van der Waals surface area contributed by atoms with Crippen LogP contribution in [-0.4, -0.2) is 45.0 Å². The van der Waals surface area contributed by atoms with Crippen LogP contribution in [-0.2, 0) is 22.5 Å². The summed E-state index contributed by atoms with van der Waals surface area (Å²) in [7, 11) is 1.74. The highest BCUT2D eigenvalue weighted by atomic mass is 127. The van der Waals surface area contributed by atoms with Crippen LogP contribution >= 0.6 is 24.0 Å². The third-order valence-electron chi connectivity index (χ3n) is 5.24. The maximum Gasteiger partial charge on any atom is 0.253 e. The second kappa shape index (κ2) is 11.9. The molecule has 0 bridgehead atoms. The lowest BCUT2D eigenvalue weighted by Gasteiger charge is -2.14. The van der Waals surface area contributed by atoms with Crippen LogP contribution in [0.25, 0.3) is 0 Å². The fourth-order valence-corrected chi connectivity index (χ4v) is 3.59. The monoisotopic (exact) mass is 552 g/mol. The molecule has 1 amide bonds. The van der Waals surface area contributed by atoms with Gasteiger partial charge in [-0.3, -0.25) is 9.79 Å². The van der Waals surface area contributed by atoms with E-state index in [0.717, 1.165) is 54.5 Å². The first kappa shape index (κ1) is 24.1. The molecule has 9 heteroatoms. The van der Waals surface area contributed by atoms with Crippen LogP contribution in [0.15, 0.2) is 47.5 Å². The van der Waals surface area contributed by atoms with Gasteiger partial charge in [0.2, 0.25) is 6.79 Å². The summed E-state index contributed by atoms with van der Waals surface area (Å²) in [5.41, 5.74) is 2.98. The third kappa shape index (κ3) is 6.49. The molecular weight excluding hydrogens is 523 g/mol. The fraction of sp³-hybridized carbons (Fsp3) is 0.391. The van der Waals surface area contributed by atoms with E-state index in [-0.39, 0.29) is 42.8 Å². The van der Waals surface area contributed by atoms with E-state index < -0.39 is 0 Å². The van der Waals surface area contributed by atoms with Crippen molar-refractivity contribution in [3.05, 3.63) is 53.6 Å². The smallest absolute Gasteiger partial charge is 0.253 e. The lowest BCUT2D eigenvalue weighted by atomic mass is 10.1. The minimum absolute atomic E-state index is 0. The quantitative estimate of drug-likeness (QED) is 0.278. The molecule has 4 rings (SSSR count). The molecule has 172 valence electrons. The molecule has 2 heterocycles. The summed E-state index contributed by atoms with van der Waals surface area (Å²) in [6.07, 6.45) is 2.21. The van der Waals surface area contributed by atoms with Gasteiger partial charge in [0.15, 0.2) is 17.5 Å². The van der Waals surface area contributed by atoms with Gasteiger partial charge in [-0.25, -0.2) is 0 Å². The molecule has 0 spiro atoms. The zero-order chi connectivity index (χ0) is 21.5. The average Bonchev–Trinajstić information content (AvgIpc) is 3.48. The van der Waals surface area contributed by atoms with Gasteiger partial charge in [-0.15, -0.1) is 24.0 Å². The topological polar surface area (TPSA) is 93.2 Å². The van der Waals surface area contributed by atoms with Crippen LogP contribution in [0.2, 0.25) is 0 Å². The SMILES string of the molecule is CN=C(NCCc1ccc2c(c1)OCO2)NCc1cccc(NC(=O)C2CCCO2)c1.I. The number of benzene rings is 2. The summed E-state index contributed by atoms with van der Waals surface area (Å²) in [5, 5.41) is 9.57. The highest BCUT2D eigenvalue weighted by Gasteiger charge is 2.23. The van der Waals surface area contributed by atoms with Crippen LogP contribution in [0, 0.1) is 0 Å². The molecule has 2 aromatic rings. The number of aliphatic imine (C=N–C) groups is 1. The Labute approximate surface area is 205 Å². The van der Waals surface area contributed by atoms with E-state index in [1.54, 1.807) is 7.05 Å². The number of guanidine groups is 1. The van der Waals surface area contributed by atoms with Crippen molar-refractivity contribution in [3.8, 4) is 11.5 Å². The van der Waals surface area contributed by atoms with E-state index in [4.69, 9.17) is 14.2 Å². The maximum atomic E-state index is 12.2. The maximum absolute atomic E-state index is 12.2. The van der Waals surface area contributed by atoms with Crippen molar-refractivity contribution in [2.24, 2.45) is 4.99 Å². The van der Waals surface area contributed by atoms with Gasteiger partial charge in [0.1, 0.15) is 6.10 Å². The van der Waals surface area contributed by atoms with E-state index in [9.17, 15) is 4.79 Å². The molecule has 3 N–H and O–H groups in total. The number of hydrogen-bond donors (Lipinski definition) is 3. The van der Waals surface area contributed by atoms with Gasteiger partial charge in [0.25, 0.3) is 5.91 Å². The number of anilines is 1. The Morgan fingerprint density at radius 3 is 2.78 bits per heavy atom. The Balaban J connectivity index is 0.00000289. The Morgan fingerprint density at radius 2 is 1.97 bits per heavy atom. The van der Waals surface area contributed by atoms with Gasteiger partial charge >= 0.3 is 0 Å². The van der Waals surface area contributed by atoms with E-state index >= 15 is 0 Å². The first-order chi connectivity index (χ1) is 15.2. The molecule has 1 atom stereocenters. The molecule has 32 heavy (non-hydrogen) atoms. The summed E-state index contributed by atoms with van der Waals surface area (Å²) < 4.78 is 16.2. The average molecular weight is 552 g/mol. The first-order valence-corrected chi connectivity index (χ1v) is 10.6. The van der Waals surface area contributed by atoms with Crippen molar-refractivity contribution in [3.63, 3.8) is 0 Å². The number of rotatable bonds is 7.